The van der Waals surface area contributed by atoms with Crippen molar-refractivity contribution >= 4 is 21.8 Å². The molecule has 0 spiro atoms. The summed E-state index contributed by atoms with van der Waals surface area (Å²) in [5, 5.41) is 0. The average molecular weight is 318 g/mol. The molecule has 1 aromatic carbocycles. The first-order valence-electron chi connectivity index (χ1n) is 5.93. The first kappa shape index (κ1) is 13.5. The molecule has 1 amide bonds. The van der Waals surface area contributed by atoms with Gasteiger partial charge in [0.1, 0.15) is 17.2 Å². The molecule has 1 heterocycles. The molecule has 1 aromatic rings. The van der Waals surface area contributed by atoms with Crippen molar-refractivity contribution in [1.29, 1.82) is 0 Å². The van der Waals surface area contributed by atoms with Gasteiger partial charge in [0.25, 0.3) is 5.91 Å². The second kappa shape index (κ2) is 5.34. The third kappa shape index (κ3) is 2.71. The Morgan fingerprint density at radius 3 is 2.56 bits per heavy atom. The second-order valence-electron chi connectivity index (χ2n) is 4.74. The smallest absolute Gasteiger partial charge is 0.259 e. The number of rotatable bonds is 1. The predicted molar refractivity (Wildman–Crippen MR) is 68.4 cm³/mol. The van der Waals surface area contributed by atoms with Crippen molar-refractivity contribution in [3.8, 4) is 0 Å². The van der Waals surface area contributed by atoms with Gasteiger partial charge in [-0.15, -0.1) is 0 Å². The molecule has 1 fully saturated rings. The minimum atomic E-state index is -0.815. The van der Waals surface area contributed by atoms with Gasteiger partial charge in [-0.3, -0.25) is 4.79 Å². The first-order valence-corrected chi connectivity index (χ1v) is 6.72. The Hall–Kier alpha value is -0.970. The van der Waals surface area contributed by atoms with Gasteiger partial charge in [-0.1, -0.05) is 22.9 Å². The van der Waals surface area contributed by atoms with E-state index in [1.54, 1.807) is 0 Å². The summed E-state index contributed by atoms with van der Waals surface area (Å²) in [5.74, 6) is -1.80. The molecule has 5 heteroatoms. The van der Waals surface area contributed by atoms with Crippen molar-refractivity contribution in [2.24, 2.45) is 5.92 Å². The number of carbonyl (C=O) groups is 1. The van der Waals surface area contributed by atoms with Crippen LogP contribution in [0.25, 0.3) is 0 Å². The number of hydrogen-bond acceptors (Lipinski definition) is 1. The lowest BCUT2D eigenvalue weighted by Gasteiger charge is -2.31. The zero-order valence-corrected chi connectivity index (χ0v) is 11.6. The lowest BCUT2D eigenvalue weighted by Crippen LogP contribution is -2.39. The Morgan fingerprint density at radius 2 is 2.00 bits per heavy atom. The highest BCUT2D eigenvalue weighted by molar-refractivity contribution is 9.10. The molecule has 18 heavy (non-hydrogen) atoms. The van der Waals surface area contributed by atoms with Gasteiger partial charge in [0, 0.05) is 17.6 Å². The van der Waals surface area contributed by atoms with Gasteiger partial charge in [0.05, 0.1) is 0 Å². The second-order valence-corrected chi connectivity index (χ2v) is 5.66. The lowest BCUT2D eigenvalue weighted by molar-refractivity contribution is 0.0673. The lowest BCUT2D eigenvalue weighted by atomic mass is 9.99. The largest absolute Gasteiger partial charge is 0.338 e. The summed E-state index contributed by atoms with van der Waals surface area (Å²) in [6.07, 6.45) is 1.93. The summed E-state index contributed by atoms with van der Waals surface area (Å²) in [4.78, 5) is 13.7. The van der Waals surface area contributed by atoms with Crippen LogP contribution in [0.2, 0.25) is 0 Å². The first-order chi connectivity index (χ1) is 8.49. The average Bonchev–Trinajstić information content (AvgIpc) is 2.27. The topological polar surface area (TPSA) is 20.3 Å². The van der Waals surface area contributed by atoms with E-state index in [4.69, 9.17) is 0 Å². The number of halogens is 3. The van der Waals surface area contributed by atoms with Crippen LogP contribution in [0.1, 0.15) is 30.1 Å². The molecule has 0 radical (unpaired) electrons. The number of hydrogen-bond donors (Lipinski definition) is 0. The molecule has 0 aliphatic carbocycles. The summed E-state index contributed by atoms with van der Waals surface area (Å²) in [7, 11) is 0. The maximum atomic E-state index is 13.7. The van der Waals surface area contributed by atoms with Crippen LogP contribution in [0.4, 0.5) is 8.78 Å². The quantitative estimate of drug-likeness (QED) is 0.775. The molecule has 1 saturated heterocycles. The zero-order valence-electron chi connectivity index (χ0n) is 10.0. The number of piperidine rings is 1. The van der Waals surface area contributed by atoms with Crippen LogP contribution in [0.5, 0.6) is 0 Å². The number of nitrogens with zero attached hydrogens (tertiary/aromatic N) is 1. The highest BCUT2D eigenvalue weighted by Crippen LogP contribution is 2.23. The van der Waals surface area contributed by atoms with Crippen LogP contribution in [0, 0.1) is 17.6 Å². The van der Waals surface area contributed by atoms with Gasteiger partial charge >= 0.3 is 0 Å². The Kier molecular flexibility index (Phi) is 4.00. The van der Waals surface area contributed by atoms with Crippen molar-refractivity contribution in [3.05, 3.63) is 33.8 Å². The number of likely N-dealkylation sites (tertiary alicyclic amines) is 1. The molecular weight excluding hydrogens is 304 g/mol. The minimum Gasteiger partial charge on any atom is -0.338 e. The highest BCUT2D eigenvalue weighted by Gasteiger charge is 2.26. The van der Waals surface area contributed by atoms with E-state index in [1.165, 1.54) is 4.90 Å². The molecule has 1 aliphatic heterocycles. The van der Waals surface area contributed by atoms with Crippen LogP contribution in [-0.4, -0.2) is 23.9 Å². The molecule has 2 nitrogen and oxygen atoms in total. The summed E-state index contributed by atoms with van der Waals surface area (Å²) in [6, 6.07) is 2.23. The van der Waals surface area contributed by atoms with Gasteiger partial charge in [-0.25, -0.2) is 8.78 Å². The van der Waals surface area contributed by atoms with Crippen LogP contribution >= 0.6 is 15.9 Å². The molecule has 0 saturated carbocycles. The van der Waals surface area contributed by atoms with Crippen LogP contribution in [0.15, 0.2) is 16.6 Å². The van der Waals surface area contributed by atoms with Crippen molar-refractivity contribution in [1.82, 2.24) is 4.90 Å². The summed E-state index contributed by atoms with van der Waals surface area (Å²) in [5.41, 5.74) is -0.452. The Balaban J connectivity index is 2.28. The van der Waals surface area contributed by atoms with E-state index in [0.29, 0.717) is 23.5 Å². The zero-order chi connectivity index (χ0) is 13.3. The number of carbonyl (C=O) groups excluding carboxylic acids is 1. The fourth-order valence-corrected chi connectivity index (χ4v) is 2.68. The Morgan fingerprint density at radius 1 is 1.39 bits per heavy atom. The van der Waals surface area contributed by atoms with E-state index < -0.39 is 23.1 Å². The van der Waals surface area contributed by atoms with Gasteiger partial charge in [0.15, 0.2) is 0 Å². The predicted octanol–water partition coefficient (Wildman–Crippen LogP) is 3.60. The summed E-state index contributed by atoms with van der Waals surface area (Å²) in [6.45, 7) is 3.17. The Bertz CT molecular complexity index is 455. The van der Waals surface area contributed by atoms with E-state index >= 15 is 0 Å². The maximum Gasteiger partial charge on any atom is 0.259 e. The summed E-state index contributed by atoms with van der Waals surface area (Å²) < 4.78 is 27.7. The van der Waals surface area contributed by atoms with E-state index in [9.17, 15) is 13.6 Å². The van der Waals surface area contributed by atoms with Crippen molar-refractivity contribution in [3.63, 3.8) is 0 Å². The van der Waals surface area contributed by atoms with E-state index in [0.717, 1.165) is 25.0 Å². The fraction of sp³-hybridized carbons (Fsp3) is 0.462. The van der Waals surface area contributed by atoms with Crippen molar-refractivity contribution < 1.29 is 13.6 Å². The number of amides is 1. The minimum absolute atomic E-state index is 0.293. The van der Waals surface area contributed by atoms with Crippen molar-refractivity contribution in [2.75, 3.05) is 13.1 Å². The standard InChI is InChI=1S/C13H14BrF2NO/c1-8-3-2-4-17(7-8)13(18)12-10(15)5-9(14)6-11(12)16/h5-6,8H,2-4,7H2,1H3. The molecule has 98 valence electrons. The van der Waals surface area contributed by atoms with E-state index in [2.05, 4.69) is 15.9 Å². The Labute approximate surface area is 113 Å². The molecule has 0 aromatic heterocycles. The third-order valence-electron chi connectivity index (χ3n) is 3.16. The van der Waals surface area contributed by atoms with Crippen molar-refractivity contribution in [2.45, 2.75) is 19.8 Å². The summed E-state index contributed by atoms with van der Waals surface area (Å²) >= 11 is 3.00. The van der Waals surface area contributed by atoms with E-state index in [1.807, 2.05) is 6.92 Å². The van der Waals surface area contributed by atoms with Gasteiger partial charge in [0.2, 0.25) is 0 Å². The normalized spacial score (nSPS) is 20.0. The molecule has 0 N–H and O–H groups in total. The van der Waals surface area contributed by atoms with E-state index in [-0.39, 0.29) is 0 Å². The highest BCUT2D eigenvalue weighted by atomic mass is 79.9. The third-order valence-corrected chi connectivity index (χ3v) is 3.62. The van der Waals surface area contributed by atoms with Crippen LogP contribution < -0.4 is 0 Å². The molecule has 1 unspecified atom stereocenters. The maximum absolute atomic E-state index is 13.7. The molecular formula is C13H14BrF2NO. The SMILES string of the molecule is CC1CCCN(C(=O)c2c(F)cc(Br)cc2F)C1. The molecule has 1 atom stereocenters. The van der Waals surface area contributed by atoms with Gasteiger partial charge < -0.3 is 4.90 Å². The molecule has 0 bridgehead atoms. The fourth-order valence-electron chi connectivity index (χ4n) is 2.28. The molecule has 1 aliphatic rings. The van der Waals surface area contributed by atoms with Gasteiger partial charge in [-0.2, -0.15) is 0 Å². The monoisotopic (exact) mass is 317 g/mol. The van der Waals surface area contributed by atoms with Crippen LogP contribution in [0.3, 0.4) is 0 Å². The number of benzene rings is 1. The van der Waals surface area contributed by atoms with Gasteiger partial charge in [-0.05, 0) is 30.9 Å². The van der Waals surface area contributed by atoms with Crippen LogP contribution in [-0.2, 0) is 0 Å². The molecule has 2 rings (SSSR count).